The van der Waals surface area contributed by atoms with Crippen molar-refractivity contribution in [2.75, 3.05) is 13.2 Å². The molecule has 4 aromatic rings. The minimum Gasteiger partial charge on any atom is -0.486 e. The minimum absolute atomic E-state index is 0.356. The number of benzene rings is 2. The number of ether oxygens (including phenoxy) is 2. The van der Waals surface area contributed by atoms with E-state index in [9.17, 15) is 9.59 Å². The number of rotatable bonds is 5. The molecule has 0 spiro atoms. The summed E-state index contributed by atoms with van der Waals surface area (Å²) in [4.78, 5) is 30.7. The summed E-state index contributed by atoms with van der Waals surface area (Å²) < 4.78 is 12.9. The summed E-state index contributed by atoms with van der Waals surface area (Å²) >= 11 is 1.51. The fourth-order valence-corrected chi connectivity index (χ4v) is 4.36. The van der Waals surface area contributed by atoms with E-state index in [0.29, 0.717) is 41.6 Å². The number of hydrazine groups is 1. The fourth-order valence-electron chi connectivity index (χ4n) is 3.43. The molecule has 0 saturated carbocycles. The molecule has 0 radical (unpaired) electrons. The van der Waals surface area contributed by atoms with Gasteiger partial charge in [0.1, 0.15) is 18.9 Å². The van der Waals surface area contributed by atoms with Crippen LogP contribution < -0.4 is 20.3 Å². The van der Waals surface area contributed by atoms with Crippen LogP contribution in [0.2, 0.25) is 0 Å². The van der Waals surface area contributed by atoms with E-state index < -0.39 is 11.8 Å². The summed E-state index contributed by atoms with van der Waals surface area (Å²) in [5.74, 6) is 0.858. The molecule has 0 aliphatic carbocycles. The zero-order valence-electron chi connectivity index (χ0n) is 17.5. The van der Waals surface area contributed by atoms with Gasteiger partial charge in [-0.3, -0.25) is 20.4 Å². The van der Waals surface area contributed by atoms with Crippen LogP contribution in [0, 0.1) is 0 Å². The second-order valence-corrected chi connectivity index (χ2v) is 8.27. The van der Waals surface area contributed by atoms with Gasteiger partial charge < -0.3 is 13.9 Å². The number of hydrogen-bond acceptors (Lipinski definition) is 6. The summed E-state index contributed by atoms with van der Waals surface area (Å²) in [6.07, 6.45) is 3.92. The van der Waals surface area contributed by atoms with Gasteiger partial charge in [-0.1, -0.05) is 18.2 Å². The third kappa shape index (κ3) is 4.63. The van der Waals surface area contributed by atoms with Gasteiger partial charge in [0.05, 0.1) is 11.3 Å². The number of carbonyl (C=O) groups excluding carboxylic acids is 2. The molecule has 0 saturated heterocycles. The van der Waals surface area contributed by atoms with Gasteiger partial charge in [-0.05, 0) is 42.5 Å². The van der Waals surface area contributed by atoms with Crippen LogP contribution in [0.4, 0.5) is 0 Å². The molecule has 0 atom stereocenters. The number of thioether (sulfide) groups is 1. The van der Waals surface area contributed by atoms with Gasteiger partial charge in [0, 0.05) is 28.6 Å². The average molecular weight is 461 g/mol. The Bertz CT molecular complexity index is 1300. The molecular weight excluding hydrogens is 440 g/mol. The molecule has 33 heavy (non-hydrogen) atoms. The van der Waals surface area contributed by atoms with Gasteiger partial charge in [0.25, 0.3) is 11.8 Å². The van der Waals surface area contributed by atoms with E-state index in [0.717, 1.165) is 16.2 Å². The third-order valence-electron chi connectivity index (χ3n) is 5.02. The second-order valence-electron chi connectivity index (χ2n) is 7.25. The standard InChI is InChI=1S/C24H20N4O4S/c29-23(16-8-9-19-20(13-16)32-12-11-31-19)26-27-24(30)18-5-1-2-6-21(18)33-15-17-14-28-10-4-3-7-22(28)25-17/h1-10,13-14H,11-12,15H2,(H,26,29)(H,27,30). The van der Waals surface area contributed by atoms with Gasteiger partial charge in [-0.15, -0.1) is 11.8 Å². The van der Waals surface area contributed by atoms with E-state index in [1.807, 2.05) is 47.1 Å². The van der Waals surface area contributed by atoms with Crippen LogP contribution >= 0.6 is 11.8 Å². The first kappa shape index (κ1) is 20.9. The Morgan fingerprint density at radius 2 is 1.73 bits per heavy atom. The monoisotopic (exact) mass is 460 g/mol. The molecule has 1 aliphatic rings. The average Bonchev–Trinajstić information content (AvgIpc) is 3.29. The molecule has 0 bridgehead atoms. The highest BCUT2D eigenvalue weighted by Crippen LogP contribution is 2.30. The van der Waals surface area contributed by atoms with Crippen LogP contribution in [0.15, 0.2) is 78.0 Å². The minimum atomic E-state index is -0.449. The molecule has 3 heterocycles. The van der Waals surface area contributed by atoms with Crippen molar-refractivity contribution in [1.82, 2.24) is 20.2 Å². The predicted molar refractivity (Wildman–Crippen MR) is 124 cm³/mol. The van der Waals surface area contributed by atoms with E-state index in [4.69, 9.17) is 9.47 Å². The molecular formula is C24H20N4O4S. The molecule has 2 aromatic heterocycles. The summed E-state index contributed by atoms with van der Waals surface area (Å²) in [5, 5.41) is 0. The van der Waals surface area contributed by atoms with Crippen molar-refractivity contribution in [3.8, 4) is 11.5 Å². The summed E-state index contributed by atoms with van der Waals surface area (Å²) in [5.41, 5.74) is 7.57. The number of carbonyl (C=O) groups is 2. The van der Waals surface area contributed by atoms with Crippen LogP contribution in [0.3, 0.4) is 0 Å². The van der Waals surface area contributed by atoms with Crippen molar-refractivity contribution in [3.05, 3.63) is 89.9 Å². The fraction of sp³-hybridized carbons (Fsp3) is 0.125. The summed E-state index contributed by atoms with van der Waals surface area (Å²) in [6.45, 7) is 0.904. The zero-order valence-corrected chi connectivity index (χ0v) is 18.3. The molecule has 0 unspecified atom stereocenters. The van der Waals surface area contributed by atoms with Crippen molar-refractivity contribution in [3.63, 3.8) is 0 Å². The molecule has 2 aromatic carbocycles. The molecule has 5 rings (SSSR count). The maximum atomic E-state index is 12.8. The van der Waals surface area contributed by atoms with Crippen LogP contribution in [-0.2, 0) is 5.75 Å². The number of imidazole rings is 1. The topological polar surface area (TPSA) is 94.0 Å². The second kappa shape index (κ2) is 9.25. The summed E-state index contributed by atoms with van der Waals surface area (Å²) in [6, 6.07) is 18.0. The van der Waals surface area contributed by atoms with Crippen molar-refractivity contribution in [2.24, 2.45) is 0 Å². The Balaban J connectivity index is 1.23. The van der Waals surface area contributed by atoms with E-state index in [1.165, 1.54) is 11.8 Å². The molecule has 2 N–H and O–H groups in total. The number of amides is 2. The predicted octanol–water partition coefficient (Wildman–Crippen LogP) is 3.47. The normalized spacial score (nSPS) is 12.4. The Kier molecular flexibility index (Phi) is 5.86. The van der Waals surface area contributed by atoms with E-state index in [1.54, 1.807) is 30.3 Å². The number of nitrogens with one attached hydrogen (secondary N) is 2. The van der Waals surface area contributed by atoms with Gasteiger partial charge in [-0.2, -0.15) is 0 Å². The first-order valence-electron chi connectivity index (χ1n) is 10.3. The van der Waals surface area contributed by atoms with Crippen molar-refractivity contribution >= 4 is 29.2 Å². The van der Waals surface area contributed by atoms with Crippen LogP contribution in [0.5, 0.6) is 11.5 Å². The molecule has 9 heteroatoms. The number of aromatic nitrogens is 2. The Morgan fingerprint density at radius 1 is 0.939 bits per heavy atom. The third-order valence-corrected chi connectivity index (χ3v) is 6.12. The SMILES string of the molecule is O=C(NNC(=O)c1ccccc1SCc1cn2ccccc2n1)c1ccc2c(c1)OCCO2. The number of nitrogens with zero attached hydrogens (tertiary/aromatic N) is 2. The lowest BCUT2D eigenvalue weighted by molar-refractivity contribution is 0.0844. The highest BCUT2D eigenvalue weighted by molar-refractivity contribution is 7.98. The quantitative estimate of drug-likeness (QED) is 0.350. The lowest BCUT2D eigenvalue weighted by Crippen LogP contribution is -2.41. The molecule has 1 aliphatic heterocycles. The first-order chi connectivity index (χ1) is 16.2. The lowest BCUT2D eigenvalue weighted by Gasteiger charge is -2.18. The van der Waals surface area contributed by atoms with Crippen molar-refractivity contribution in [2.45, 2.75) is 10.6 Å². The Morgan fingerprint density at radius 3 is 2.61 bits per heavy atom. The highest BCUT2D eigenvalue weighted by atomic mass is 32.2. The van der Waals surface area contributed by atoms with Crippen LogP contribution in [0.25, 0.3) is 5.65 Å². The van der Waals surface area contributed by atoms with Crippen LogP contribution in [-0.4, -0.2) is 34.4 Å². The Hall–Kier alpha value is -3.98. The first-order valence-corrected chi connectivity index (χ1v) is 11.3. The molecule has 0 fully saturated rings. The van der Waals surface area contributed by atoms with Gasteiger partial charge >= 0.3 is 0 Å². The Labute approximate surface area is 193 Å². The summed E-state index contributed by atoms with van der Waals surface area (Å²) in [7, 11) is 0. The van der Waals surface area contributed by atoms with Crippen molar-refractivity contribution in [1.29, 1.82) is 0 Å². The molecule has 166 valence electrons. The highest BCUT2D eigenvalue weighted by Gasteiger charge is 2.17. The van der Waals surface area contributed by atoms with Crippen molar-refractivity contribution < 1.29 is 19.1 Å². The zero-order chi connectivity index (χ0) is 22.6. The van der Waals surface area contributed by atoms with Gasteiger partial charge in [-0.25, -0.2) is 4.98 Å². The maximum absolute atomic E-state index is 12.8. The molecule has 8 nitrogen and oxygen atoms in total. The number of pyridine rings is 1. The van der Waals surface area contributed by atoms with E-state index >= 15 is 0 Å². The van der Waals surface area contributed by atoms with E-state index in [2.05, 4.69) is 15.8 Å². The maximum Gasteiger partial charge on any atom is 0.270 e. The largest absolute Gasteiger partial charge is 0.486 e. The number of hydrogen-bond donors (Lipinski definition) is 2. The lowest BCUT2D eigenvalue weighted by atomic mass is 10.2. The van der Waals surface area contributed by atoms with Gasteiger partial charge in [0.2, 0.25) is 0 Å². The van der Waals surface area contributed by atoms with Gasteiger partial charge in [0.15, 0.2) is 11.5 Å². The molecule has 2 amide bonds. The van der Waals surface area contributed by atoms with E-state index in [-0.39, 0.29) is 0 Å². The van der Waals surface area contributed by atoms with Crippen LogP contribution in [0.1, 0.15) is 26.4 Å². The number of fused-ring (bicyclic) bond motifs is 2. The smallest absolute Gasteiger partial charge is 0.270 e.